The molecule has 0 bridgehead atoms. The van der Waals surface area contributed by atoms with Crippen LogP contribution in [0.1, 0.15) is 10.4 Å². The molecule has 0 aromatic heterocycles. The minimum absolute atomic E-state index is 0.133. The number of ether oxygens (including phenoxy) is 1. The maximum Gasteiger partial charge on any atom is 0.266 e. The second-order valence-corrected chi connectivity index (χ2v) is 6.32. The molecule has 0 fully saturated rings. The molecule has 27 heavy (non-hydrogen) atoms. The maximum atomic E-state index is 12.9. The summed E-state index contributed by atoms with van der Waals surface area (Å²) in [5, 5.41) is 6.37. The van der Waals surface area contributed by atoms with Gasteiger partial charge in [0, 0.05) is 22.0 Å². The summed E-state index contributed by atoms with van der Waals surface area (Å²) in [5.74, 6) is -0.304. The number of nitrogens with one attached hydrogen (secondary N) is 2. The fourth-order valence-corrected chi connectivity index (χ4v) is 2.56. The number of rotatable bonds is 4. The lowest BCUT2D eigenvalue weighted by Crippen LogP contribution is -2.17. The van der Waals surface area contributed by atoms with Gasteiger partial charge in [0.2, 0.25) is 0 Å². The average molecular weight is 401 g/mol. The van der Waals surface area contributed by atoms with E-state index in [1.54, 1.807) is 48.5 Å². The van der Waals surface area contributed by atoms with Gasteiger partial charge in [0.25, 0.3) is 11.1 Å². The van der Waals surface area contributed by atoms with Crippen molar-refractivity contribution in [2.75, 3.05) is 10.6 Å². The van der Waals surface area contributed by atoms with Crippen molar-refractivity contribution < 1.29 is 13.9 Å². The Morgan fingerprint density at radius 1 is 0.926 bits per heavy atom. The van der Waals surface area contributed by atoms with Crippen molar-refractivity contribution in [3.05, 3.63) is 89.2 Å². The third-order valence-electron chi connectivity index (χ3n) is 3.50. The summed E-state index contributed by atoms with van der Waals surface area (Å²) < 4.78 is 18.5. The second kappa shape index (κ2) is 8.62. The molecule has 0 saturated heterocycles. The van der Waals surface area contributed by atoms with Crippen LogP contribution in [0.2, 0.25) is 5.02 Å². The Balaban J connectivity index is 1.63. The molecule has 136 valence electrons. The number of carbonyl (C=O) groups is 1. The molecule has 0 aliphatic heterocycles. The highest BCUT2D eigenvalue weighted by atomic mass is 35.5. The standard InChI is InChI=1S/C20H14ClFN2O2S/c21-14-4-8-17(9-5-14)24-20(27)26-18-3-1-2-13(12-18)19(25)23-16-10-6-15(22)7-11-16/h1-12H,(H,23,25)(H,24,27). The minimum atomic E-state index is -0.370. The maximum absolute atomic E-state index is 12.9. The summed E-state index contributed by atoms with van der Waals surface area (Å²) >= 11 is 11.0. The van der Waals surface area contributed by atoms with E-state index in [9.17, 15) is 9.18 Å². The zero-order valence-corrected chi connectivity index (χ0v) is 15.5. The van der Waals surface area contributed by atoms with Crippen LogP contribution in [0.15, 0.2) is 72.8 Å². The largest absolute Gasteiger partial charge is 0.432 e. The molecule has 0 radical (unpaired) electrons. The van der Waals surface area contributed by atoms with Crippen LogP contribution in [0.3, 0.4) is 0 Å². The summed E-state index contributed by atoms with van der Waals surface area (Å²) in [5.41, 5.74) is 1.60. The number of thiocarbonyl (C=S) groups is 1. The summed E-state index contributed by atoms with van der Waals surface area (Å²) in [6, 6.07) is 19.1. The average Bonchev–Trinajstić information content (AvgIpc) is 2.65. The first kappa shape index (κ1) is 18.8. The molecular formula is C20H14ClFN2O2S. The van der Waals surface area contributed by atoms with Gasteiger partial charge >= 0.3 is 0 Å². The van der Waals surface area contributed by atoms with Gasteiger partial charge < -0.3 is 15.4 Å². The van der Waals surface area contributed by atoms with Crippen molar-refractivity contribution in [1.29, 1.82) is 0 Å². The number of amides is 1. The van der Waals surface area contributed by atoms with Crippen LogP contribution in [0.25, 0.3) is 0 Å². The van der Waals surface area contributed by atoms with Crippen molar-refractivity contribution in [1.82, 2.24) is 0 Å². The van der Waals surface area contributed by atoms with Gasteiger partial charge in [-0.25, -0.2) is 4.39 Å². The fourth-order valence-electron chi connectivity index (χ4n) is 2.22. The Morgan fingerprint density at radius 3 is 2.26 bits per heavy atom. The number of hydrogen-bond donors (Lipinski definition) is 2. The van der Waals surface area contributed by atoms with Crippen molar-refractivity contribution in [3.63, 3.8) is 0 Å². The molecule has 3 aromatic carbocycles. The topological polar surface area (TPSA) is 50.4 Å². The van der Waals surface area contributed by atoms with Crippen LogP contribution in [-0.2, 0) is 0 Å². The van der Waals surface area contributed by atoms with Crippen LogP contribution in [0.5, 0.6) is 5.75 Å². The lowest BCUT2D eigenvalue weighted by Gasteiger charge is -2.11. The van der Waals surface area contributed by atoms with Gasteiger partial charge in [-0.3, -0.25) is 4.79 Å². The monoisotopic (exact) mass is 400 g/mol. The predicted molar refractivity (Wildman–Crippen MR) is 109 cm³/mol. The quantitative estimate of drug-likeness (QED) is 0.567. The Hall–Kier alpha value is -2.96. The van der Waals surface area contributed by atoms with E-state index in [0.29, 0.717) is 22.0 Å². The number of anilines is 2. The molecule has 0 heterocycles. The molecule has 3 aromatic rings. The normalized spacial score (nSPS) is 10.1. The molecule has 0 atom stereocenters. The lowest BCUT2D eigenvalue weighted by atomic mass is 10.2. The van der Waals surface area contributed by atoms with Crippen molar-refractivity contribution >= 4 is 46.3 Å². The molecule has 0 aliphatic carbocycles. The van der Waals surface area contributed by atoms with Gasteiger partial charge in [-0.15, -0.1) is 0 Å². The highest BCUT2D eigenvalue weighted by Gasteiger charge is 2.09. The van der Waals surface area contributed by atoms with Gasteiger partial charge in [-0.05, 0) is 78.9 Å². The lowest BCUT2D eigenvalue weighted by molar-refractivity contribution is 0.102. The fraction of sp³-hybridized carbons (Fsp3) is 0. The van der Waals surface area contributed by atoms with Crippen molar-refractivity contribution in [2.24, 2.45) is 0 Å². The first-order valence-electron chi connectivity index (χ1n) is 7.91. The van der Waals surface area contributed by atoms with Crippen LogP contribution < -0.4 is 15.4 Å². The Bertz CT molecular complexity index is 962. The van der Waals surface area contributed by atoms with Crippen molar-refractivity contribution in [3.8, 4) is 5.75 Å². The molecule has 0 spiro atoms. The summed E-state index contributed by atoms with van der Waals surface area (Å²) in [4.78, 5) is 12.3. The van der Waals surface area contributed by atoms with Crippen LogP contribution in [0.4, 0.5) is 15.8 Å². The third-order valence-corrected chi connectivity index (χ3v) is 3.94. The highest BCUT2D eigenvalue weighted by Crippen LogP contribution is 2.18. The van der Waals surface area contributed by atoms with E-state index in [-0.39, 0.29) is 16.9 Å². The molecule has 0 aliphatic rings. The van der Waals surface area contributed by atoms with Crippen molar-refractivity contribution in [2.45, 2.75) is 0 Å². The van der Waals surface area contributed by atoms with Gasteiger partial charge in [0.1, 0.15) is 11.6 Å². The molecule has 3 rings (SSSR count). The van der Waals surface area contributed by atoms with Crippen LogP contribution >= 0.6 is 23.8 Å². The first-order chi connectivity index (χ1) is 13.0. The molecule has 7 heteroatoms. The number of halogens is 2. The summed E-state index contributed by atoms with van der Waals surface area (Å²) in [6.45, 7) is 0. The van der Waals surface area contributed by atoms with Crippen LogP contribution in [0, 0.1) is 5.82 Å². The third kappa shape index (κ3) is 5.51. The molecule has 1 amide bonds. The summed E-state index contributed by atoms with van der Waals surface area (Å²) in [7, 11) is 0. The second-order valence-electron chi connectivity index (χ2n) is 5.51. The zero-order valence-electron chi connectivity index (χ0n) is 13.9. The number of hydrogen-bond acceptors (Lipinski definition) is 3. The number of benzene rings is 3. The van der Waals surface area contributed by atoms with E-state index in [1.807, 2.05) is 0 Å². The van der Waals surface area contributed by atoms with Gasteiger partial charge in [0.15, 0.2) is 0 Å². The highest BCUT2D eigenvalue weighted by molar-refractivity contribution is 7.80. The van der Waals surface area contributed by atoms with E-state index < -0.39 is 0 Å². The molecular weight excluding hydrogens is 387 g/mol. The molecule has 4 nitrogen and oxygen atoms in total. The first-order valence-corrected chi connectivity index (χ1v) is 8.69. The molecule has 2 N–H and O–H groups in total. The van der Waals surface area contributed by atoms with E-state index in [4.69, 9.17) is 28.6 Å². The smallest absolute Gasteiger partial charge is 0.266 e. The van der Waals surface area contributed by atoms with E-state index in [1.165, 1.54) is 24.3 Å². The van der Waals surface area contributed by atoms with Gasteiger partial charge in [0.05, 0.1) is 0 Å². The predicted octanol–water partition coefficient (Wildman–Crippen LogP) is 5.51. The molecule has 0 saturated carbocycles. The summed E-state index contributed by atoms with van der Waals surface area (Å²) in [6.07, 6.45) is 0. The zero-order chi connectivity index (χ0) is 19.2. The Kier molecular flexibility index (Phi) is 6.01. The van der Waals surface area contributed by atoms with E-state index >= 15 is 0 Å². The SMILES string of the molecule is O=C(Nc1ccc(F)cc1)c1cccc(OC(=S)Nc2ccc(Cl)cc2)c1. The minimum Gasteiger partial charge on any atom is -0.432 e. The number of carbonyl (C=O) groups excluding carboxylic acids is 1. The van der Waals surface area contributed by atoms with E-state index in [2.05, 4.69) is 10.6 Å². The van der Waals surface area contributed by atoms with Gasteiger partial charge in [-0.2, -0.15) is 0 Å². The Morgan fingerprint density at radius 2 is 1.56 bits per heavy atom. The van der Waals surface area contributed by atoms with Crippen LogP contribution in [-0.4, -0.2) is 11.1 Å². The van der Waals surface area contributed by atoms with E-state index in [0.717, 1.165) is 5.69 Å². The Labute approximate surface area is 165 Å². The van der Waals surface area contributed by atoms with Gasteiger partial charge in [-0.1, -0.05) is 17.7 Å². The molecule has 0 unspecified atom stereocenters.